The minimum atomic E-state index is -0.706. The van der Waals surface area contributed by atoms with Gasteiger partial charge in [-0.25, -0.2) is 0 Å². The zero-order valence-electron chi connectivity index (χ0n) is 11.1. The first-order valence-electron chi connectivity index (χ1n) is 7.03. The number of carbonyl (C=O) groups is 1. The molecule has 0 aromatic carbocycles. The molecule has 2 unspecified atom stereocenters. The van der Waals surface area contributed by atoms with Crippen molar-refractivity contribution in [3.05, 3.63) is 23.8 Å². The predicted molar refractivity (Wildman–Crippen MR) is 72.5 cm³/mol. The van der Waals surface area contributed by atoms with Gasteiger partial charge in [-0.15, -0.1) is 0 Å². The summed E-state index contributed by atoms with van der Waals surface area (Å²) in [6.45, 7) is 4.01. The Labute approximate surface area is 109 Å². The lowest BCUT2D eigenvalue weighted by Gasteiger charge is -2.32. The summed E-state index contributed by atoms with van der Waals surface area (Å²) in [6.07, 6.45) is 11.9. The number of likely N-dealkylation sites (tertiary alicyclic amines) is 1. The Hall–Kier alpha value is -1.09. The summed E-state index contributed by atoms with van der Waals surface area (Å²) in [5.74, 6) is -0.156. The van der Waals surface area contributed by atoms with E-state index in [-0.39, 0.29) is 0 Å². The van der Waals surface area contributed by atoms with Crippen LogP contribution in [0.2, 0.25) is 0 Å². The molecule has 3 nitrogen and oxygen atoms in total. The Morgan fingerprint density at radius 2 is 2.11 bits per heavy atom. The van der Waals surface area contributed by atoms with Crippen LogP contribution in [0.4, 0.5) is 0 Å². The Kier molecular flexibility index (Phi) is 4.59. The molecule has 3 heteroatoms. The Morgan fingerprint density at radius 1 is 1.39 bits per heavy atom. The molecule has 2 aliphatic rings. The molecule has 1 N–H and O–H groups in total. The second-order valence-electron chi connectivity index (χ2n) is 5.46. The number of rotatable bonds is 3. The fourth-order valence-corrected chi connectivity index (χ4v) is 2.84. The van der Waals surface area contributed by atoms with Gasteiger partial charge in [-0.1, -0.05) is 31.6 Å². The van der Waals surface area contributed by atoms with E-state index in [9.17, 15) is 9.90 Å². The molecular formula is C15H23NO2. The molecule has 0 aromatic heterocycles. The van der Waals surface area contributed by atoms with Crippen LogP contribution < -0.4 is 0 Å². The van der Waals surface area contributed by atoms with Gasteiger partial charge in [0.2, 0.25) is 0 Å². The third-order valence-corrected chi connectivity index (χ3v) is 3.92. The summed E-state index contributed by atoms with van der Waals surface area (Å²) in [6, 6.07) is -0.438. The molecular weight excluding hydrogens is 226 g/mol. The van der Waals surface area contributed by atoms with Crippen LogP contribution in [-0.4, -0.2) is 35.1 Å². The van der Waals surface area contributed by atoms with Gasteiger partial charge in [-0.3, -0.25) is 9.69 Å². The van der Waals surface area contributed by atoms with Gasteiger partial charge in [0.05, 0.1) is 0 Å². The number of hydrogen-bond acceptors (Lipinski definition) is 2. The van der Waals surface area contributed by atoms with Crippen molar-refractivity contribution in [1.29, 1.82) is 0 Å². The topological polar surface area (TPSA) is 40.5 Å². The van der Waals surface area contributed by atoms with Gasteiger partial charge in [-0.2, -0.15) is 0 Å². The molecule has 0 spiro atoms. The average molecular weight is 249 g/mol. The van der Waals surface area contributed by atoms with Gasteiger partial charge in [-0.05, 0) is 50.3 Å². The maximum atomic E-state index is 11.6. The van der Waals surface area contributed by atoms with E-state index in [0.717, 1.165) is 44.3 Å². The van der Waals surface area contributed by atoms with E-state index in [0.29, 0.717) is 5.92 Å². The minimum Gasteiger partial charge on any atom is -0.480 e. The van der Waals surface area contributed by atoms with Gasteiger partial charge in [0.15, 0.2) is 0 Å². The highest BCUT2D eigenvalue weighted by Gasteiger charge is 2.29. The molecule has 1 heterocycles. The molecule has 1 fully saturated rings. The Morgan fingerprint density at radius 3 is 2.78 bits per heavy atom. The first kappa shape index (κ1) is 13.3. The highest BCUT2D eigenvalue weighted by molar-refractivity contribution is 5.78. The second-order valence-corrected chi connectivity index (χ2v) is 5.46. The summed E-state index contributed by atoms with van der Waals surface area (Å²) >= 11 is 0. The Balaban J connectivity index is 2.16. The number of aliphatic carboxylic acids is 1. The quantitative estimate of drug-likeness (QED) is 0.836. The molecule has 1 aliphatic heterocycles. The number of hydrogen-bond donors (Lipinski definition) is 1. The van der Waals surface area contributed by atoms with E-state index in [1.165, 1.54) is 6.42 Å². The van der Waals surface area contributed by atoms with E-state index in [1.807, 2.05) is 6.08 Å². The highest BCUT2D eigenvalue weighted by Crippen LogP contribution is 2.23. The standard InChI is InChI=1S/C15H23NO2/c1-12-6-5-7-13(9-8-12)14(15(17)18)16-10-3-2-4-11-16/h7-9,12,14H,2-6,10-11H2,1H3,(H,17,18). The van der Waals surface area contributed by atoms with Crippen LogP contribution in [0.3, 0.4) is 0 Å². The highest BCUT2D eigenvalue weighted by atomic mass is 16.4. The van der Waals surface area contributed by atoms with Crippen LogP contribution in [0.5, 0.6) is 0 Å². The van der Waals surface area contributed by atoms with Crippen LogP contribution in [-0.2, 0) is 4.79 Å². The first-order chi connectivity index (χ1) is 8.68. The number of carboxylic acid groups (broad SMARTS) is 1. The van der Waals surface area contributed by atoms with E-state index < -0.39 is 12.0 Å². The van der Waals surface area contributed by atoms with Crippen molar-refractivity contribution in [2.45, 2.75) is 45.1 Å². The number of allylic oxidation sites excluding steroid dienone is 2. The number of carboxylic acids is 1. The lowest BCUT2D eigenvalue weighted by Crippen LogP contribution is -2.45. The maximum Gasteiger partial charge on any atom is 0.325 e. The molecule has 0 saturated carbocycles. The van der Waals surface area contributed by atoms with Crippen LogP contribution >= 0.6 is 0 Å². The molecule has 18 heavy (non-hydrogen) atoms. The number of nitrogens with zero attached hydrogens (tertiary/aromatic N) is 1. The SMILES string of the molecule is CC1C=CC(C(C(=O)O)N2CCCCC2)=CCC1. The third kappa shape index (κ3) is 3.22. The van der Waals surface area contributed by atoms with Gasteiger partial charge >= 0.3 is 5.97 Å². The first-order valence-corrected chi connectivity index (χ1v) is 7.03. The predicted octanol–water partition coefficient (Wildman–Crippen LogP) is 2.84. The Bertz CT molecular complexity index is 354. The lowest BCUT2D eigenvalue weighted by molar-refractivity contribution is -0.142. The van der Waals surface area contributed by atoms with E-state index >= 15 is 0 Å². The molecule has 1 aliphatic carbocycles. The minimum absolute atomic E-state index is 0.438. The van der Waals surface area contributed by atoms with Crippen LogP contribution in [0.1, 0.15) is 39.0 Å². The second kappa shape index (κ2) is 6.19. The van der Waals surface area contributed by atoms with Crippen molar-refractivity contribution in [2.75, 3.05) is 13.1 Å². The van der Waals surface area contributed by atoms with E-state index in [1.54, 1.807) is 0 Å². The van der Waals surface area contributed by atoms with Crippen molar-refractivity contribution in [2.24, 2.45) is 5.92 Å². The lowest BCUT2D eigenvalue weighted by atomic mass is 10.0. The molecule has 2 atom stereocenters. The van der Waals surface area contributed by atoms with Crippen molar-refractivity contribution >= 4 is 5.97 Å². The third-order valence-electron chi connectivity index (χ3n) is 3.92. The molecule has 0 amide bonds. The molecule has 0 bridgehead atoms. The summed E-state index contributed by atoms with van der Waals surface area (Å²) in [5, 5.41) is 9.52. The monoisotopic (exact) mass is 249 g/mol. The summed E-state index contributed by atoms with van der Waals surface area (Å²) in [5.41, 5.74) is 0.980. The van der Waals surface area contributed by atoms with Crippen LogP contribution in [0.15, 0.2) is 23.8 Å². The summed E-state index contributed by atoms with van der Waals surface area (Å²) in [4.78, 5) is 13.7. The van der Waals surface area contributed by atoms with Gasteiger partial charge in [0.1, 0.15) is 6.04 Å². The maximum absolute atomic E-state index is 11.6. The fraction of sp³-hybridized carbons (Fsp3) is 0.667. The van der Waals surface area contributed by atoms with Crippen molar-refractivity contribution < 1.29 is 9.90 Å². The largest absolute Gasteiger partial charge is 0.480 e. The van der Waals surface area contributed by atoms with Crippen LogP contribution in [0.25, 0.3) is 0 Å². The zero-order valence-corrected chi connectivity index (χ0v) is 11.1. The molecule has 1 saturated heterocycles. The van der Waals surface area contributed by atoms with Crippen molar-refractivity contribution in [3.8, 4) is 0 Å². The van der Waals surface area contributed by atoms with Crippen LogP contribution in [0, 0.1) is 5.92 Å². The van der Waals surface area contributed by atoms with Gasteiger partial charge < -0.3 is 5.11 Å². The molecule has 0 aromatic rings. The van der Waals surface area contributed by atoms with Crippen molar-refractivity contribution in [1.82, 2.24) is 4.90 Å². The summed E-state index contributed by atoms with van der Waals surface area (Å²) in [7, 11) is 0. The smallest absolute Gasteiger partial charge is 0.325 e. The van der Waals surface area contributed by atoms with E-state index in [4.69, 9.17) is 0 Å². The van der Waals surface area contributed by atoms with Crippen molar-refractivity contribution in [3.63, 3.8) is 0 Å². The van der Waals surface area contributed by atoms with E-state index in [2.05, 4.69) is 24.0 Å². The summed E-state index contributed by atoms with van der Waals surface area (Å²) < 4.78 is 0. The van der Waals surface area contributed by atoms with Gasteiger partial charge in [0.25, 0.3) is 0 Å². The molecule has 100 valence electrons. The zero-order chi connectivity index (χ0) is 13.0. The number of piperidine rings is 1. The molecule has 0 radical (unpaired) electrons. The normalized spacial score (nSPS) is 27.4. The molecule has 2 rings (SSSR count). The average Bonchev–Trinajstić information content (AvgIpc) is 2.56. The van der Waals surface area contributed by atoms with Gasteiger partial charge in [0, 0.05) is 0 Å². The fourth-order valence-electron chi connectivity index (χ4n) is 2.84.